The molecule has 6 heteroatoms. The third kappa shape index (κ3) is 75.5. The molecule has 0 heterocycles. The SMILES string of the molecule is CCCCCCCCC/C=C\CCCCCCCC(=O)OCCCCCCCCCCCCCCCCCCCCCCCCCCCCCCCCCCCC(=O)NC(CO)C(O)CCCCCCCCCCCCCCCCCCCCCCCCC. The number of rotatable bonds is 79. The quantitative estimate of drug-likeness (QED) is 0.0320. The van der Waals surface area contributed by atoms with Crippen molar-refractivity contribution >= 4 is 11.9 Å². The highest BCUT2D eigenvalue weighted by Gasteiger charge is 2.20. The van der Waals surface area contributed by atoms with Crippen molar-refractivity contribution in [3.8, 4) is 0 Å². The average molecular weight is 1260 g/mol. The maximum Gasteiger partial charge on any atom is 0.305 e. The Kier molecular flexibility index (Phi) is 77.8. The van der Waals surface area contributed by atoms with E-state index in [1.165, 1.54) is 405 Å². The molecule has 2 atom stereocenters. The first-order chi connectivity index (χ1) is 44.0. The number of ether oxygens (including phenoxy) is 1. The third-order valence-corrected chi connectivity index (χ3v) is 19.8. The smallest absolute Gasteiger partial charge is 0.305 e. The summed E-state index contributed by atoms with van der Waals surface area (Å²) in [4.78, 5) is 24.7. The van der Waals surface area contributed by atoms with Crippen LogP contribution in [0.25, 0.3) is 0 Å². The number of nitrogens with one attached hydrogen (secondary N) is 1. The normalized spacial score (nSPS) is 12.4. The number of amides is 1. The van der Waals surface area contributed by atoms with Crippen LogP contribution in [0.3, 0.4) is 0 Å². The van der Waals surface area contributed by atoms with Crippen LogP contribution in [0.5, 0.6) is 0 Å². The van der Waals surface area contributed by atoms with Gasteiger partial charge in [0.1, 0.15) is 0 Å². The van der Waals surface area contributed by atoms with Gasteiger partial charge in [0, 0.05) is 12.8 Å². The van der Waals surface area contributed by atoms with Crippen LogP contribution in [0, 0.1) is 0 Å². The zero-order valence-corrected chi connectivity index (χ0v) is 61.0. The van der Waals surface area contributed by atoms with E-state index in [4.69, 9.17) is 4.74 Å². The van der Waals surface area contributed by atoms with Gasteiger partial charge >= 0.3 is 5.97 Å². The Morgan fingerprint density at radius 2 is 0.528 bits per heavy atom. The number of aliphatic hydroxyl groups excluding tert-OH is 2. The monoisotopic (exact) mass is 1250 g/mol. The van der Waals surface area contributed by atoms with Gasteiger partial charge in [-0.15, -0.1) is 0 Å². The predicted molar refractivity (Wildman–Crippen MR) is 394 cm³/mol. The lowest BCUT2D eigenvalue weighted by Gasteiger charge is -2.22. The van der Waals surface area contributed by atoms with E-state index in [0.717, 1.165) is 44.9 Å². The molecule has 89 heavy (non-hydrogen) atoms. The lowest BCUT2D eigenvalue weighted by atomic mass is 10.0. The molecule has 3 N–H and O–H groups in total. The Balaban J connectivity index is 3.32. The largest absolute Gasteiger partial charge is 0.466 e. The summed E-state index contributed by atoms with van der Waals surface area (Å²) in [5.74, 6) is -0.00820. The maximum absolute atomic E-state index is 12.6. The van der Waals surface area contributed by atoms with E-state index >= 15 is 0 Å². The van der Waals surface area contributed by atoms with Crippen LogP contribution >= 0.6 is 0 Å². The van der Waals surface area contributed by atoms with E-state index in [1.807, 2.05) is 0 Å². The molecule has 0 spiro atoms. The summed E-state index contributed by atoms with van der Waals surface area (Å²) in [6, 6.07) is -0.539. The molecule has 0 aliphatic heterocycles. The minimum atomic E-state index is -0.662. The summed E-state index contributed by atoms with van der Waals surface area (Å²) >= 11 is 0. The molecule has 530 valence electrons. The Morgan fingerprint density at radius 3 is 0.798 bits per heavy atom. The van der Waals surface area contributed by atoms with Crippen LogP contribution in [0.4, 0.5) is 0 Å². The van der Waals surface area contributed by atoms with Crippen molar-refractivity contribution in [3.05, 3.63) is 12.2 Å². The summed E-state index contributed by atoms with van der Waals surface area (Å²) in [5, 5.41) is 23.5. The molecule has 0 saturated carbocycles. The predicted octanol–water partition coefficient (Wildman–Crippen LogP) is 27.4. The number of unbranched alkanes of at least 4 members (excludes halogenated alkanes) is 66. The Bertz CT molecular complexity index is 1350. The number of esters is 1. The highest BCUT2D eigenvalue weighted by atomic mass is 16.5. The van der Waals surface area contributed by atoms with Gasteiger partial charge in [-0.25, -0.2) is 0 Å². The first kappa shape index (κ1) is 87.6. The van der Waals surface area contributed by atoms with Crippen LogP contribution in [-0.4, -0.2) is 47.4 Å². The van der Waals surface area contributed by atoms with E-state index in [9.17, 15) is 19.8 Å². The number of carbonyl (C=O) groups is 2. The van der Waals surface area contributed by atoms with Gasteiger partial charge in [-0.3, -0.25) is 9.59 Å². The van der Waals surface area contributed by atoms with Crippen LogP contribution in [0.2, 0.25) is 0 Å². The highest BCUT2D eigenvalue weighted by molar-refractivity contribution is 5.76. The molecule has 0 rings (SSSR count). The summed E-state index contributed by atoms with van der Waals surface area (Å²) in [6.07, 6.45) is 100. The van der Waals surface area contributed by atoms with E-state index in [-0.39, 0.29) is 18.5 Å². The van der Waals surface area contributed by atoms with Crippen molar-refractivity contribution in [2.24, 2.45) is 0 Å². The van der Waals surface area contributed by atoms with Crippen LogP contribution < -0.4 is 5.32 Å². The fourth-order valence-corrected chi connectivity index (χ4v) is 13.5. The maximum atomic E-state index is 12.6. The molecule has 0 aromatic carbocycles. The van der Waals surface area contributed by atoms with E-state index in [2.05, 4.69) is 31.3 Å². The summed E-state index contributed by atoms with van der Waals surface area (Å²) < 4.78 is 5.51. The lowest BCUT2D eigenvalue weighted by Crippen LogP contribution is -2.45. The molecule has 0 aromatic rings. The van der Waals surface area contributed by atoms with Crippen molar-refractivity contribution in [1.29, 1.82) is 0 Å². The fraction of sp³-hybridized carbons (Fsp3) is 0.952. The molecular formula is C83H163NO5. The Hall–Kier alpha value is -1.40. The van der Waals surface area contributed by atoms with Gasteiger partial charge in [-0.2, -0.15) is 0 Å². The first-order valence-corrected chi connectivity index (χ1v) is 41.4. The molecular weight excluding hydrogens is 1090 g/mol. The van der Waals surface area contributed by atoms with Gasteiger partial charge in [0.15, 0.2) is 0 Å². The van der Waals surface area contributed by atoms with Gasteiger partial charge in [0.05, 0.1) is 25.4 Å². The Labute approximate surface area is 559 Å². The van der Waals surface area contributed by atoms with Crippen molar-refractivity contribution < 1.29 is 24.5 Å². The second-order valence-corrected chi connectivity index (χ2v) is 28.8. The molecule has 1 amide bonds. The molecule has 0 fully saturated rings. The zero-order chi connectivity index (χ0) is 64.2. The number of allylic oxidation sites excluding steroid dienone is 2. The van der Waals surface area contributed by atoms with Crippen molar-refractivity contribution in [2.45, 2.75) is 495 Å². The number of hydrogen-bond donors (Lipinski definition) is 3. The van der Waals surface area contributed by atoms with Crippen molar-refractivity contribution in [3.63, 3.8) is 0 Å². The molecule has 6 nitrogen and oxygen atoms in total. The topological polar surface area (TPSA) is 95.9 Å². The van der Waals surface area contributed by atoms with Gasteiger partial charge in [-0.1, -0.05) is 431 Å². The number of carbonyl (C=O) groups excluding carboxylic acids is 2. The zero-order valence-electron chi connectivity index (χ0n) is 61.0. The minimum Gasteiger partial charge on any atom is -0.466 e. The molecule has 0 bridgehead atoms. The fourth-order valence-electron chi connectivity index (χ4n) is 13.5. The summed E-state index contributed by atoms with van der Waals surface area (Å²) in [7, 11) is 0. The van der Waals surface area contributed by atoms with Gasteiger partial charge in [0.25, 0.3) is 0 Å². The van der Waals surface area contributed by atoms with Crippen LogP contribution in [0.15, 0.2) is 12.2 Å². The van der Waals surface area contributed by atoms with E-state index in [1.54, 1.807) is 0 Å². The van der Waals surface area contributed by atoms with Crippen molar-refractivity contribution in [1.82, 2.24) is 5.32 Å². The van der Waals surface area contributed by atoms with Gasteiger partial charge in [-0.05, 0) is 51.4 Å². The van der Waals surface area contributed by atoms with E-state index in [0.29, 0.717) is 25.9 Å². The minimum absolute atomic E-state index is 0.0157. The molecule has 0 aliphatic carbocycles. The number of hydrogen-bond acceptors (Lipinski definition) is 5. The third-order valence-electron chi connectivity index (χ3n) is 19.8. The van der Waals surface area contributed by atoms with Gasteiger partial charge < -0.3 is 20.3 Å². The molecule has 0 saturated heterocycles. The Morgan fingerprint density at radius 1 is 0.303 bits per heavy atom. The average Bonchev–Trinajstić information content (AvgIpc) is 3.64. The van der Waals surface area contributed by atoms with Crippen molar-refractivity contribution in [2.75, 3.05) is 13.2 Å². The van der Waals surface area contributed by atoms with Crippen LogP contribution in [0.1, 0.15) is 483 Å². The summed E-state index contributed by atoms with van der Waals surface area (Å²) in [6.45, 7) is 5.01. The van der Waals surface area contributed by atoms with E-state index < -0.39 is 12.1 Å². The lowest BCUT2D eigenvalue weighted by molar-refractivity contribution is -0.143. The number of aliphatic hydroxyl groups is 2. The standard InChI is InChI=1S/C83H163NO5/c1-3-5-7-9-11-13-15-17-19-21-22-23-35-38-41-44-47-51-55-59-63-67-71-75-81(86)80(79-85)84-82(87)76-72-68-64-60-56-52-48-45-42-39-36-33-31-29-27-25-24-26-28-30-32-34-37-40-43-46-50-54-58-62-66-70-74-78-89-83(88)77-73-69-65-61-57-53-49-20-18-16-14-12-10-8-6-4-2/h20,49,80-81,85-86H,3-19,21-48,50-79H2,1-2H3,(H,84,87)/b49-20-. The van der Waals surface area contributed by atoms with Gasteiger partial charge in [0.2, 0.25) is 5.91 Å². The molecule has 0 aromatic heterocycles. The summed E-state index contributed by atoms with van der Waals surface area (Å²) in [5.41, 5.74) is 0. The first-order valence-electron chi connectivity index (χ1n) is 41.4. The molecule has 0 radical (unpaired) electrons. The molecule has 0 aliphatic rings. The highest BCUT2D eigenvalue weighted by Crippen LogP contribution is 2.21. The second kappa shape index (κ2) is 79.0. The molecule has 2 unspecified atom stereocenters. The van der Waals surface area contributed by atoms with Crippen LogP contribution in [-0.2, 0) is 14.3 Å². The second-order valence-electron chi connectivity index (χ2n) is 28.8.